The van der Waals surface area contributed by atoms with Crippen molar-refractivity contribution in [3.63, 3.8) is 0 Å². The van der Waals surface area contributed by atoms with Crippen molar-refractivity contribution in [1.29, 1.82) is 0 Å². The first-order chi connectivity index (χ1) is 14.7. The molecule has 0 N–H and O–H groups in total. The quantitative estimate of drug-likeness (QED) is 0.312. The standard InChI is InChI=1S/C24H47N3O4/c1-23(2,3)10-8-7-9-22-21-27(26-25-22)12-14-29-16-18-31-20-19-30-17-15-28-13-11-24(4,5)6/h21H,7-20H2,1-6H3. The molecule has 7 nitrogen and oxygen atoms in total. The predicted molar refractivity (Wildman–Crippen MR) is 124 cm³/mol. The van der Waals surface area contributed by atoms with E-state index >= 15 is 0 Å². The molecule has 0 saturated carbocycles. The molecule has 1 rings (SSSR count). The Morgan fingerprint density at radius 3 is 1.74 bits per heavy atom. The minimum Gasteiger partial charge on any atom is -0.379 e. The van der Waals surface area contributed by atoms with Crippen molar-refractivity contribution in [2.75, 3.05) is 52.9 Å². The topological polar surface area (TPSA) is 67.6 Å². The van der Waals surface area contributed by atoms with E-state index in [0.29, 0.717) is 63.6 Å². The molecule has 0 aliphatic rings. The number of hydrogen-bond acceptors (Lipinski definition) is 6. The summed E-state index contributed by atoms with van der Waals surface area (Å²) in [5.74, 6) is 0. The van der Waals surface area contributed by atoms with E-state index in [1.54, 1.807) is 0 Å². The number of nitrogens with zero attached hydrogens (tertiary/aromatic N) is 3. The molecule has 0 amide bonds. The normalized spacial score (nSPS) is 12.6. The molecule has 1 aromatic rings. The molecule has 0 aromatic carbocycles. The van der Waals surface area contributed by atoms with Crippen LogP contribution in [0.4, 0.5) is 0 Å². The van der Waals surface area contributed by atoms with Crippen LogP contribution in [0, 0.1) is 10.8 Å². The first-order valence-electron chi connectivity index (χ1n) is 11.9. The van der Waals surface area contributed by atoms with E-state index in [0.717, 1.165) is 31.6 Å². The van der Waals surface area contributed by atoms with E-state index in [9.17, 15) is 0 Å². The largest absolute Gasteiger partial charge is 0.379 e. The van der Waals surface area contributed by atoms with E-state index in [1.165, 1.54) is 12.8 Å². The van der Waals surface area contributed by atoms with Gasteiger partial charge in [0.15, 0.2) is 0 Å². The highest BCUT2D eigenvalue weighted by Crippen LogP contribution is 2.22. The summed E-state index contributed by atoms with van der Waals surface area (Å²) in [5.41, 5.74) is 1.80. The molecule has 31 heavy (non-hydrogen) atoms. The molecule has 0 spiro atoms. The Morgan fingerprint density at radius 1 is 0.677 bits per heavy atom. The maximum Gasteiger partial charge on any atom is 0.0827 e. The van der Waals surface area contributed by atoms with E-state index in [1.807, 2.05) is 10.9 Å². The Hall–Kier alpha value is -1.02. The SMILES string of the molecule is CC(C)(C)CCCCc1cn(CCOCCOCCOCCOCCC(C)(C)C)nn1. The Labute approximate surface area is 190 Å². The third kappa shape index (κ3) is 18.3. The first kappa shape index (κ1) is 28.0. The molecule has 0 radical (unpaired) electrons. The van der Waals surface area contributed by atoms with Crippen molar-refractivity contribution < 1.29 is 18.9 Å². The summed E-state index contributed by atoms with van der Waals surface area (Å²) >= 11 is 0. The summed E-state index contributed by atoms with van der Waals surface area (Å²) in [5, 5.41) is 8.43. The Bertz CT molecular complexity index is 550. The van der Waals surface area contributed by atoms with Crippen molar-refractivity contribution in [2.45, 2.75) is 80.2 Å². The van der Waals surface area contributed by atoms with Gasteiger partial charge in [0.1, 0.15) is 0 Å². The van der Waals surface area contributed by atoms with Crippen molar-refractivity contribution in [3.8, 4) is 0 Å². The number of unbranched alkanes of at least 4 members (excludes halogenated alkanes) is 1. The second-order valence-electron chi connectivity index (χ2n) is 10.5. The third-order valence-corrected chi connectivity index (χ3v) is 4.77. The fourth-order valence-corrected chi connectivity index (χ4v) is 2.82. The number of aromatic nitrogens is 3. The lowest BCUT2D eigenvalue weighted by Crippen LogP contribution is -2.14. The van der Waals surface area contributed by atoms with E-state index in [2.05, 4.69) is 51.9 Å². The summed E-state index contributed by atoms with van der Waals surface area (Å²) in [6.07, 6.45) is 7.73. The maximum absolute atomic E-state index is 5.61. The molecule has 0 aliphatic heterocycles. The Kier molecular flexibility index (Phi) is 14.2. The van der Waals surface area contributed by atoms with Gasteiger partial charge in [-0.05, 0) is 36.5 Å². The Morgan fingerprint density at radius 2 is 1.19 bits per heavy atom. The lowest BCUT2D eigenvalue weighted by molar-refractivity contribution is -0.00491. The number of hydrogen-bond donors (Lipinski definition) is 0. The van der Waals surface area contributed by atoms with Crippen LogP contribution in [0.15, 0.2) is 6.20 Å². The zero-order valence-corrected chi connectivity index (χ0v) is 21.0. The minimum absolute atomic E-state index is 0.320. The molecule has 0 bridgehead atoms. The molecule has 0 atom stereocenters. The van der Waals surface area contributed by atoms with Gasteiger partial charge in [0.25, 0.3) is 0 Å². The first-order valence-corrected chi connectivity index (χ1v) is 11.9. The van der Waals surface area contributed by atoms with Gasteiger partial charge >= 0.3 is 0 Å². The van der Waals surface area contributed by atoms with Crippen LogP contribution in [0.5, 0.6) is 0 Å². The monoisotopic (exact) mass is 441 g/mol. The van der Waals surface area contributed by atoms with Crippen LogP contribution in [-0.2, 0) is 31.9 Å². The molecular formula is C24H47N3O4. The lowest BCUT2D eigenvalue weighted by Gasteiger charge is -2.17. The average molecular weight is 442 g/mol. The smallest absolute Gasteiger partial charge is 0.0827 e. The fraction of sp³-hybridized carbons (Fsp3) is 0.917. The zero-order valence-electron chi connectivity index (χ0n) is 21.0. The van der Waals surface area contributed by atoms with Gasteiger partial charge in [0.05, 0.1) is 58.5 Å². The van der Waals surface area contributed by atoms with Crippen LogP contribution in [0.25, 0.3) is 0 Å². The van der Waals surface area contributed by atoms with E-state index < -0.39 is 0 Å². The molecule has 7 heteroatoms. The van der Waals surface area contributed by atoms with Crippen LogP contribution in [0.1, 0.15) is 72.9 Å². The molecule has 0 aliphatic carbocycles. The third-order valence-electron chi connectivity index (χ3n) is 4.77. The molecule has 0 unspecified atom stereocenters. The van der Waals surface area contributed by atoms with Crippen molar-refractivity contribution in [1.82, 2.24) is 15.0 Å². The van der Waals surface area contributed by atoms with Crippen LogP contribution < -0.4 is 0 Å². The number of ether oxygens (including phenoxy) is 4. The molecule has 182 valence electrons. The van der Waals surface area contributed by atoms with Crippen molar-refractivity contribution in [3.05, 3.63) is 11.9 Å². The van der Waals surface area contributed by atoms with Gasteiger partial charge < -0.3 is 18.9 Å². The van der Waals surface area contributed by atoms with Gasteiger partial charge in [-0.15, -0.1) is 5.10 Å². The summed E-state index contributed by atoms with van der Waals surface area (Å²) in [4.78, 5) is 0. The van der Waals surface area contributed by atoms with Gasteiger partial charge in [-0.1, -0.05) is 53.2 Å². The molecule has 0 saturated heterocycles. The predicted octanol–water partition coefficient (Wildman–Crippen LogP) is 4.54. The van der Waals surface area contributed by atoms with E-state index in [4.69, 9.17) is 18.9 Å². The minimum atomic E-state index is 0.320. The van der Waals surface area contributed by atoms with E-state index in [-0.39, 0.29) is 0 Å². The lowest BCUT2D eigenvalue weighted by atomic mass is 9.89. The molecule has 0 fully saturated rings. The molecule has 1 heterocycles. The van der Waals surface area contributed by atoms with Gasteiger partial charge in [-0.2, -0.15) is 0 Å². The highest BCUT2D eigenvalue weighted by Gasteiger charge is 2.10. The Balaban J connectivity index is 1.87. The summed E-state index contributed by atoms with van der Waals surface area (Å²) < 4.78 is 24.0. The second kappa shape index (κ2) is 15.7. The highest BCUT2D eigenvalue weighted by atomic mass is 16.6. The maximum atomic E-state index is 5.61. The summed E-state index contributed by atoms with van der Waals surface area (Å²) in [6, 6.07) is 0. The fourth-order valence-electron chi connectivity index (χ4n) is 2.82. The number of rotatable bonds is 18. The summed E-state index contributed by atoms with van der Waals surface area (Å²) in [7, 11) is 0. The highest BCUT2D eigenvalue weighted by molar-refractivity contribution is 4.92. The van der Waals surface area contributed by atoms with Crippen LogP contribution in [-0.4, -0.2) is 67.8 Å². The molecular weight excluding hydrogens is 394 g/mol. The zero-order chi connectivity index (χ0) is 23.0. The summed E-state index contributed by atoms with van der Waals surface area (Å²) in [6.45, 7) is 19.2. The van der Waals surface area contributed by atoms with Gasteiger partial charge in [0.2, 0.25) is 0 Å². The van der Waals surface area contributed by atoms with Gasteiger partial charge in [-0.25, -0.2) is 4.68 Å². The van der Waals surface area contributed by atoms with Crippen LogP contribution in [0.2, 0.25) is 0 Å². The van der Waals surface area contributed by atoms with Crippen molar-refractivity contribution in [2.24, 2.45) is 10.8 Å². The average Bonchev–Trinajstić information content (AvgIpc) is 3.11. The van der Waals surface area contributed by atoms with Crippen LogP contribution in [0.3, 0.4) is 0 Å². The second-order valence-corrected chi connectivity index (χ2v) is 10.5. The number of aryl methyl sites for hydroxylation is 1. The van der Waals surface area contributed by atoms with Crippen LogP contribution >= 0.6 is 0 Å². The van der Waals surface area contributed by atoms with Crippen molar-refractivity contribution >= 4 is 0 Å². The molecule has 1 aromatic heterocycles. The van der Waals surface area contributed by atoms with Gasteiger partial charge in [-0.3, -0.25) is 0 Å². The van der Waals surface area contributed by atoms with Gasteiger partial charge in [0, 0.05) is 12.8 Å².